The Morgan fingerprint density at radius 3 is 1.38 bits per heavy atom. The number of hydrogen-bond donors (Lipinski definition) is 0. The molecule has 0 heterocycles. The van der Waals surface area contributed by atoms with E-state index in [9.17, 15) is 0 Å². The normalized spacial score (nSPS) is 6.38. The molecule has 0 aliphatic rings. The fourth-order valence-electron chi connectivity index (χ4n) is 0.180. The minimum atomic E-state index is 0.805. The van der Waals surface area contributed by atoms with Gasteiger partial charge in [-0.3, -0.25) is 4.99 Å². The molecule has 0 aromatic rings. The molecule has 0 amide bonds. The van der Waals surface area contributed by atoms with Gasteiger partial charge in [0.2, 0.25) is 0 Å². The Balaban J connectivity index is -0.0000000573. The molecule has 0 bridgehead atoms. The third kappa shape index (κ3) is 94.1. The molecule has 0 N–H and O–H groups in total. The predicted octanol–water partition coefficient (Wildman–Crippen LogP) is 4.86. The Kier molecular flexibility index (Phi) is 75.8. The van der Waals surface area contributed by atoms with Crippen LogP contribution in [0.25, 0.3) is 0 Å². The lowest BCUT2D eigenvalue weighted by Gasteiger charge is -1.78. The molecule has 0 aliphatic heterocycles. The zero-order valence-electron chi connectivity index (χ0n) is 10.5. The van der Waals surface area contributed by atoms with Crippen molar-refractivity contribution in [2.24, 2.45) is 4.99 Å². The second-order valence-corrected chi connectivity index (χ2v) is 1.25. The number of nitrogens with zero attached hydrogens (tertiary/aromatic N) is 1. The smallest absolute Gasteiger partial charge is 0.0300 e. The van der Waals surface area contributed by atoms with Gasteiger partial charge in [-0.25, -0.2) is 0 Å². The minimum absolute atomic E-state index is 0.805. The van der Waals surface area contributed by atoms with Crippen LogP contribution in [-0.4, -0.2) is 6.21 Å². The quantitative estimate of drug-likeness (QED) is 0.545. The molecule has 0 spiro atoms. The van der Waals surface area contributed by atoms with Crippen molar-refractivity contribution in [2.75, 3.05) is 0 Å². The highest BCUT2D eigenvalue weighted by Gasteiger charge is 1.65. The summed E-state index contributed by atoms with van der Waals surface area (Å²) in [5, 5.41) is 0. The number of rotatable bonds is 2. The van der Waals surface area contributed by atoms with Gasteiger partial charge >= 0.3 is 0 Å². The van der Waals surface area contributed by atoms with Crippen LogP contribution >= 0.6 is 0 Å². The van der Waals surface area contributed by atoms with Crippen LogP contribution in [0.15, 0.2) is 29.9 Å². The molecule has 0 fully saturated rings. The van der Waals surface area contributed by atoms with E-state index < -0.39 is 0 Å². The molecule has 0 aromatic heterocycles. The predicted molar refractivity (Wildman–Crippen MR) is 67.5 cm³/mol. The summed E-state index contributed by atoms with van der Waals surface area (Å²) in [4.78, 5) is 3.81. The van der Waals surface area contributed by atoms with Gasteiger partial charge in [0.05, 0.1) is 0 Å². The van der Waals surface area contributed by atoms with Gasteiger partial charge in [0, 0.05) is 11.9 Å². The Bertz CT molecular complexity index is 102. The van der Waals surface area contributed by atoms with Crippen LogP contribution in [0.5, 0.6) is 0 Å². The largest absolute Gasteiger partial charge is 0.262 e. The van der Waals surface area contributed by atoms with Crippen LogP contribution in [0.3, 0.4) is 0 Å². The van der Waals surface area contributed by atoms with Gasteiger partial charge in [0.1, 0.15) is 0 Å². The summed E-state index contributed by atoms with van der Waals surface area (Å²) < 4.78 is 0. The van der Waals surface area contributed by atoms with E-state index in [4.69, 9.17) is 0 Å². The molecule has 0 atom stereocenters. The highest BCUT2D eigenvalue weighted by Crippen LogP contribution is 1.83. The third-order valence-corrected chi connectivity index (χ3v) is 0.400. The van der Waals surface area contributed by atoms with Crippen molar-refractivity contribution in [3.05, 3.63) is 24.9 Å². The molecule has 0 unspecified atom stereocenters. The van der Waals surface area contributed by atoms with Gasteiger partial charge in [-0.05, 0) is 6.92 Å². The van der Waals surface area contributed by atoms with Crippen LogP contribution in [-0.2, 0) is 0 Å². The summed E-state index contributed by atoms with van der Waals surface area (Å²) >= 11 is 0. The Hall–Kier alpha value is -0.850. The Morgan fingerprint density at radius 2 is 1.31 bits per heavy atom. The first kappa shape index (κ1) is 22.7. The van der Waals surface area contributed by atoms with Crippen LogP contribution in [0, 0.1) is 0 Å². The molecular weight excluding hydrogens is 158 g/mol. The van der Waals surface area contributed by atoms with E-state index in [1.54, 1.807) is 12.3 Å². The fourth-order valence-corrected chi connectivity index (χ4v) is 0.180. The lowest BCUT2D eigenvalue weighted by molar-refractivity contribution is 1.34. The van der Waals surface area contributed by atoms with E-state index in [-0.39, 0.29) is 0 Å². The summed E-state index contributed by atoms with van der Waals surface area (Å²) in [6.45, 7) is 20.8. The average Bonchev–Trinajstić information content (AvgIpc) is 2.24. The molecule has 1 nitrogen and oxygen atoms in total. The summed E-state index contributed by atoms with van der Waals surface area (Å²) in [6, 6.07) is 0. The first-order valence-corrected chi connectivity index (χ1v) is 5.08. The highest BCUT2D eigenvalue weighted by atomic mass is 14.7. The highest BCUT2D eigenvalue weighted by molar-refractivity contribution is 5.70. The van der Waals surface area contributed by atoms with Crippen molar-refractivity contribution in [3.63, 3.8) is 0 Å². The second-order valence-electron chi connectivity index (χ2n) is 1.25. The number of hydrogen-bond acceptors (Lipinski definition) is 1. The van der Waals surface area contributed by atoms with Gasteiger partial charge in [0.15, 0.2) is 0 Å². The molecule has 80 valence electrons. The van der Waals surface area contributed by atoms with Gasteiger partial charge in [-0.15, -0.1) is 0 Å². The van der Waals surface area contributed by atoms with Gasteiger partial charge in [-0.2, -0.15) is 0 Å². The number of allylic oxidation sites excluding steroid dienone is 2. The Morgan fingerprint density at radius 1 is 1.00 bits per heavy atom. The van der Waals surface area contributed by atoms with Crippen molar-refractivity contribution in [3.8, 4) is 0 Å². The molecule has 0 aromatic carbocycles. The number of aliphatic imine (C=N–C) groups is 1. The SMILES string of the molecule is C=CC=NC(=C)C.CC.CC.CC. The lowest BCUT2D eigenvalue weighted by atomic mass is 10.6. The van der Waals surface area contributed by atoms with Crippen LogP contribution < -0.4 is 0 Å². The van der Waals surface area contributed by atoms with Crippen LogP contribution in [0.4, 0.5) is 0 Å². The molecule has 0 saturated carbocycles. The van der Waals surface area contributed by atoms with Crippen molar-refractivity contribution in [1.82, 2.24) is 0 Å². The fraction of sp³-hybridized carbons (Fsp3) is 0.583. The molecular formula is C12H27N. The van der Waals surface area contributed by atoms with Crippen LogP contribution in [0.1, 0.15) is 48.5 Å². The van der Waals surface area contributed by atoms with Crippen molar-refractivity contribution >= 4 is 6.21 Å². The summed E-state index contributed by atoms with van der Waals surface area (Å²) in [5.41, 5.74) is 0.805. The van der Waals surface area contributed by atoms with E-state index in [1.807, 2.05) is 48.5 Å². The van der Waals surface area contributed by atoms with Crippen molar-refractivity contribution < 1.29 is 0 Å². The second kappa shape index (κ2) is 43.3. The lowest BCUT2D eigenvalue weighted by Crippen LogP contribution is -1.62. The third-order valence-electron chi connectivity index (χ3n) is 0.400. The Labute approximate surface area is 85.3 Å². The zero-order valence-corrected chi connectivity index (χ0v) is 10.5. The van der Waals surface area contributed by atoms with Crippen molar-refractivity contribution in [1.29, 1.82) is 0 Å². The van der Waals surface area contributed by atoms with E-state index >= 15 is 0 Å². The first-order chi connectivity index (χ1) is 6.27. The molecule has 0 aliphatic carbocycles. The summed E-state index contributed by atoms with van der Waals surface area (Å²) in [6.07, 6.45) is 3.23. The molecule has 0 saturated heterocycles. The molecule has 1 heteroatoms. The van der Waals surface area contributed by atoms with Gasteiger partial charge < -0.3 is 0 Å². The monoisotopic (exact) mass is 185 g/mol. The minimum Gasteiger partial charge on any atom is -0.262 e. The van der Waals surface area contributed by atoms with Crippen LogP contribution in [0.2, 0.25) is 0 Å². The van der Waals surface area contributed by atoms with Gasteiger partial charge in [-0.1, -0.05) is 60.8 Å². The van der Waals surface area contributed by atoms with Crippen molar-refractivity contribution in [2.45, 2.75) is 48.5 Å². The first-order valence-electron chi connectivity index (χ1n) is 5.08. The molecule has 0 rings (SSSR count). The topological polar surface area (TPSA) is 12.4 Å². The maximum atomic E-state index is 3.81. The standard InChI is InChI=1S/C6H9N.3C2H6/c1-4-5-7-6(2)3;3*1-2/h4-5H,1-2H2,3H3;3*1-2H3. The molecule has 13 heavy (non-hydrogen) atoms. The average molecular weight is 185 g/mol. The maximum absolute atomic E-state index is 3.81. The van der Waals surface area contributed by atoms with E-state index in [0.29, 0.717) is 0 Å². The maximum Gasteiger partial charge on any atom is 0.0300 e. The summed E-state index contributed by atoms with van der Waals surface area (Å²) in [5.74, 6) is 0. The van der Waals surface area contributed by atoms with E-state index in [2.05, 4.69) is 18.2 Å². The van der Waals surface area contributed by atoms with E-state index in [0.717, 1.165) is 5.70 Å². The summed E-state index contributed by atoms with van der Waals surface area (Å²) in [7, 11) is 0. The van der Waals surface area contributed by atoms with Gasteiger partial charge in [0.25, 0.3) is 0 Å². The van der Waals surface area contributed by atoms with E-state index in [1.165, 1.54) is 0 Å². The molecule has 0 radical (unpaired) electrons. The zero-order chi connectivity index (χ0) is 11.7.